The third-order valence-electron chi connectivity index (χ3n) is 5.47. The van der Waals surface area contributed by atoms with Gasteiger partial charge in [0.2, 0.25) is 0 Å². The van der Waals surface area contributed by atoms with Crippen LogP contribution >= 0.6 is 11.3 Å². The van der Waals surface area contributed by atoms with Crippen molar-refractivity contribution < 1.29 is 9.53 Å². The quantitative estimate of drug-likeness (QED) is 0.249. The highest BCUT2D eigenvalue weighted by atomic mass is 32.1. The van der Waals surface area contributed by atoms with E-state index in [9.17, 15) is 4.79 Å². The van der Waals surface area contributed by atoms with Crippen molar-refractivity contribution in [2.75, 3.05) is 11.5 Å². The summed E-state index contributed by atoms with van der Waals surface area (Å²) in [5.41, 5.74) is 3.55. The number of carbonyl (C=O) groups excluding carboxylic acids is 1. The molecule has 1 amide bonds. The van der Waals surface area contributed by atoms with Gasteiger partial charge in [-0.05, 0) is 60.9 Å². The molecule has 0 atom stereocenters. The lowest BCUT2D eigenvalue weighted by Crippen LogP contribution is -2.30. The van der Waals surface area contributed by atoms with Crippen LogP contribution in [0.15, 0.2) is 66.9 Å². The third-order valence-corrected chi connectivity index (χ3v) is 6.51. The highest BCUT2D eigenvalue weighted by Crippen LogP contribution is 2.32. The Morgan fingerprint density at radius 1 is 1.03 bits per heavy atom. The summed E-state index contributed by atoms with van der Waals surface area (Å²) in [4.78, 5) is 24.6. The Labute approximate surface area is 199 Å². The van der Waals surface area contributed by atoms with Gasteiger partial charge in [0.1, 0.15) is 5.75 Å². The first-order valence-corrected chi connectivity index (χ1v) is 12.3. The van der Waals surface area contributed by atoms with Crippen LogP contribution in [0.3, 0.4) is 0 Å². The minimum atomic E-state index is -0.116. The fourth-order valence-electron chi connectivity index (χ4n) is 3.59. The molecule has 2 heterocycles. The number of amides is 1. The number of rotatable bonds is 10. The predicted molar refractivity (Wildman–Crippen MR) is 135 cm³/mol. The molecule has 0 unspecified atom stereocenters. The van der Waals surface area contributed by atoms with E-state index in [-0.39, 0.29) is 5.91 Å². The topological polar surface area (TPSA) is 55.3 Å². The number of unbranched alkanes of at least 4 members (excludes halogenated alkanes) is 2. The fraction of sp³-hybridized carbons (Fsp3) is 0.296. The largest absolute Gasteiger partial charge is 0.494 e. The molecule has 170 valence electrons. The monoisotopic (exact) mass is 459 g/mol. The SMILES string of the molecule is CCCCCOc1cccc(C(=O)N(Cc2ccccn2)c2nc3ccc(CC)cc3s2)c1. The average Bonchev–Trinajstić information content (AvgIpc) is 3.28. The van der Waals surface area contributed by atoms with E-state index in [4.69, 9.17) is 9.72 Å². The van der Waals surface area contributed by atoms with Gasteiger partial charge in [-0.15, -0.1) is 0 Å². The molecular weight excluding hydrogens is 430 g/mol. The van der Waals surface area contributed by atoms with E-state index in [0.717, 1.165) is 41.6 Å². The molecule has 0 saturated carbocycles. The Kier molecular flexibility index (Phi) is 7.68. The minimum Gasteiger partial charge on any atom is -0.494 e. The zero-order chi connectivity index (χ0) is 23.0. The molecule has 0 aliphatic heterocycles. The maximum atomic E-state index is 13.7. The van der Waals surface area contributed by atoms with Gasteiger partial charge in [-0.25, -0.2) is 4.98 Å². The molecule has 33 heavy (non-hydrogen) atoms. The van der Waals surface area contributed by atoms with Gasteiger partial charge in [-0.3, -0.25) is 14.7 Å². The van der Waals surface area contributed by atoms with E-state index < -0.39 is 0 Å². The number of thiazole rings is 1. The van der Waals surface area contributed by atoms with Gasteiger partial charge >= 0.3 is 0 Å². The number of hydrogen-bond acceptors (Lipinski definition) is 5. The van der Waals surface area contributed by atoms with Gasteiger partial charge < -0.3 is 4.74 Å². The second-order valence-corrected chi connectivity index (χ2v) is 8.96. The maximum Gasteiger partial charge on any atom is 0.260 e. The average molecular weight is 460 g/mol. The zero-order valence-corrected chi connectivity index (χ0v) is 20.0. The number of ether oxygens (including phenoxy) is 1. The molecule has 0 aliphatic carbocycles. The van der Waals surface area contributed by atoms with Gasteiger partial charge in [-0.1, -0.05) is 56.2 Å². The van der Waals surface area contributed by atoms with Gasteiger partial charge in [-0.2, -0.15) is 0 Å². The lowest BCUT2D eigenvalue weighted by atomic mass is 10.2. The Morgan fingerprint density at radius 3 is 2.73 bits per heavy atom. The normalized spacial score (nSPS) is 11.0. The number of pyridine rings is 1. The Morgan fingerprint density at radius 2 is 1.94 bits per heavy atom. The lowest BCUT2D eigenvalue weighted by Gasteiger charge is -2.20. The van der Waals surface area contributed by atoms with Crippen LogP contribution in [-0.2, 0) is 13.0 Å². The first-order chi connectivity index (χ1) is 16.2. The summed E-state index contributed by atoms with van der Waals surface area (Å²) in [5.74, 6) is 0.598. The van der Waals surface area contributed by atoms with Crippen molar-refractivity contribution in [2.24, 2.45) is 0 Å². The Balaban J connectivity index is 1.64. The molecule has 0 radical (unpaired) electrons. The number of nitrogens with zero attached hydrogens (tertiary/aromatic N) is 3. The van der Waals surface area contributed by atoms with Crippen molar-refractivity contribution in [3.05, 3.63) is 83.7 Å². The number of aromatic nitrogens is 2. The molecule has 0 saturated heterocycles. The molecule has 6 heteroatoms. The van der Waals surface area contributed by atoms with Crippen LogP contribution in [0.4, 0.5) is 5.13 Å². The van der Waals surface area contributed by atoms with E-state index >= 15 is 0 Å². The van der Waals surface area contributed by atoms with Crippen LogP contribution in [0, 0.1) is 0 Å². The van der Waals surface area contributed by atoms with E-state index in [1.165, 1.54) is 16.9 Å². The van der Waals surface area contributed by atoms with Crippen LogP contribution in [0.5, 0.6) is 5.75 Å². The minimum absolute atomic E-state index is 0.116. The van der Waals surface area contributed by atoms with E-state index in [1.54, 1.807) is 11.1 Å². The molecule has 4 aromatic rings. The fourth-order valence-corrected chi connectivity index (χ4v) is 4.62. The van der Waals surface area contributed by atoms with Crippen molar-refractivity contribution >= 4 is 32.6 Å². The van der Waals surface area contributed by atoms with Crippen LogP contribution in [0.25, 0.3) is 10.2 Å². The van der Waals surface area contributed by atoms with Gasteiger partial charge in [0.25, 0.3) is 5.91 Å². The van der Waals surface area contributed by atoms with Crippen molar-refractivity contribution in [2.45, 2.75) is 46.1 Å². The lowest BCUT2D eigenvalue weighted by molar-refractivity contribution is 0.0984. The molecule has 0 aliphatic rings. The van der Waals surface area contributed by atoms with Gasteiger partial charge in [0.05, 0.1) is 29.1 Å². The van der Waals surface area contributed by atoms with E-state index in [2.05, 4.69) is 31.0 Å². The Hall–Kier alpha value is -3.25. The van der Waals surface area contributed by atoms with Crippen molar-refractivity contribution in [1.29, 1.82) is 0 Å². The summed E-state index contributed by atoms with van der Waals surface area (Å²) in [6.07, 6.45) is 5.99. The molecule has 4 rings (SSSR count). The first kappa shape index (κ1) is 22.9. The van der Waals surface area contributed by atoms with Gasteiger partial charge in [0, 0.05) is 11.8 Å². The molecule has 0 fully saturated rings. The number of benzene rings is 2. The number of hydrogen-bond donors (Lipinski definition) is 0. The molecule has 2 aromatic carbocycles. The number of aryl methyl sites for hydroxylation is 1. The second-order valence-electron chi connectivity index (χ2n) is 7.95. The highest BCUT2D eigenvalue weighted by molar-refractivity contribution is 7.22. The summed E-state index contributed by atoms with van der Waals surface area (Å²) in [7, 11) is 0. The summed E-state index contributed by atoms with van der Waals surface area (Å²) < 4.78 is 6.96. The second kappa shape index (κ2) is 11.1. The van der Waals surface area contributed by atoms with E-state index in [1.807, 2.05) is 48.5 Å². The summed E-state index contributed by atoms with van der Waals surface area (Å²) in [5, 5.41) is 0.670. The van der Waals surface area contributed by atoms with Crippen molar-refractivity contribution in [1.82, 2.24) is 9.97 Å². The first-order valence-electron chi connectivity index (χ1n) is 11.5. The maximum absolute atomic E-state index is 13.7. The summed E-state index contributed by atoms with van der Waals surface area (Å²) in [6.45, 7) is 5.31. The molecule has 0 spiro atoms. The molecule has 0 N–H and O–H groups in total. The predicted octanol–water partition coefficient (Wildman–Crippen LogP) is 6.67. The summed E-state index contributed by atoms with van der Waals surface area (Å²) in [6, 6.07) is 19.4. The number of anilines is 1. The molecule has 2 aromatic heterocycles. The number of carbonyl (C=O) groups is 1. The molecule has 5 nitrogen and oxygen atoms in total. The summed E-state index contributed by atoms with van der Waals surface area (Å²) >= 11 is 1.54. The Bertz CT molecular complexity index is 1210. The van der Waals surface area contributed by atoms with Crippen LogP contribution in [0.2, 0.25) is 0 Å². The number of fused-ring (bicyclic) bond motifs is 1. The zero-order valence-electron chi connectivity index (χ0n) is 19.2. The smallest absolute Gasteiger partial charge is 0.260 e. The van der Waals surface area contributed by atoms with Crippen LogP contribution < -0.4 is 9.64 Å². The van der Waals surface area contributed by atoms with Crippen LogP contribution in [0.1, 0.15) is 54.7 Å². The standard InChI is InChI=1S/C27H29N3O2S/c1-3-5-8-16-32-23-12-9-10-21(18-23)26(31)30(19-22-11-6-7-15-28-22)27-29-24-14-13-20(4-2)17-25(24)33-27/h6-7,9-15,17-18H,3-5,8,16,19H2,1-2H3. The van der Waals surface area contributed by atoms with Gasteiger partial charge in [0.15, 0.2) is 5.13 Å². The third kappa shape index (κ3) is 5.76. The molecule has 0 bridgehead atoms. The van der Waals surface area contributed by atoms with Crippen LogP contribution in [-0.4, -0.2) is 22.5 Å². The van der Waals surface area contributed by atoms with Crippen molar-refractivity contribution in [3.63, 3.8) is 0 Å². The van der Waals surface area contributed by atoms with E-state index in [0.29, 0.717) is 29.6 Å². The molecular formula is C27H29N3O2S. The van der Waals surface area contributed by atoms with Crippen molar-refractivity contribution in [3.8, 4) is 5.75 Å². The highest BCUT2D eigenvalue weighted by Gasteiger charge is 2.23.